The molecule has 1 aromatic rings. The molecule has 0 radical (unpaired) electrons. The van der Waals surface area contributed by atoms with E-state index < -0.39 is 11.9 Å². The van der Waals surface area contributed by atoms with E-state index in [9.17, 15) is 14.4 Å². The van der Waals surface area contributed by atoms with Gasteiger partial charge >= 0.3 is 11.9 Å². The highest BCUT2D eigenvalue weighted by atomic mass is 32.2. The van der Waals surface area contributed by atoms with Gasteiger partial charge in [-0.2, -0.15) is 0 Å². The molecule has 1 fully saturated rings. The van der Waals surface area contributed by atoms with Crippen molar-refractivity contribution >= 4 is 40.9 Å². The average Bonchev–Trinajstić information content (AvgIpc) is 3.12. The second-order valence-electron chi connectivity index (χ2n) is 4.18. The maximum Gasteiger partial charge on any atom is 0.348 e. The molecule has 1 aliphatic heterocycles. The third-order valence-corrected chi connectivity index (χ3v) is 4.58. The summed E-state index contributed by atoms with van der Waals surface area (Å²) >= 11 is 2.56. The molecule has 118 valence electrons. The number of hydrogen-bond donors (Lipinski definition) is 0. The van der Waals surface area contributed by atoms with Crippen LogP contribution in [0.5, 0.6) is 0 Å². The number of nitrogens with zero attached hydrogens (tertiary/aromatic N) is 1. The number of ether oxygens (including phenoxy) is 2. The van der Waals surface area contributed by atoms with Crippen molar-refractivity contribution in [2.45, 2.75) is 6.92 Å². The molecule has 1 aromatic heterocycles. The first-order valence-corrected chi connectivity index (χ1v) is 8.50. The van der Waals surface area contributed by atoms with E-state index >= 15 is 0 Å². The average molecular weight is 341 g/mol. The minimum atomic E-state index is -0.486. The molecule has 0 bridgehead atoms. The van der Waals surface area contributed by atoms with Crippen molar-refractivity contribution in [1.82, 2.24) is 4.90 Å². The molecule has 1 aliphatic rings. The van der Waals surface area contributed by atoms with Crippen LogP contribution in [-0.2, 0) is 19.1 Å². The Morgan fingerprint density at radius 1 is 1.41 bits per heavy atom. The predicted molar refractivity (Wildman–Crippen MR) is 83.5 cm³/mol. The van der Waals surface area contributed by atoms with Crippen LogP contribution in [0.3, 0.4) is 0 Å². The monoisotopic (exact) mass is 341 g/mol. The normalized spacial score (nSPS) is 16.1. The van der Waals surface area contributed by atoms with Crippen molar-refractivity contribution in [3.63, 3.8) is 0 Å². The lowest BCUT2D eigenvalue weighted by atomic mass is 10.4. The predicted octanol–water partition coefficient (Wildman–Crippen LogP) is 1.88. The van der Waals surface area contributed by atoms with Crippen molar-refractivity contribution in [3.05, 3.63) is 33.5 Å². The molecule has 0 N–H and O–H groups in total. The summed E-state index contributed by atoms with van der Waals surface area (Å²) in [7, 11) is 0. The number of rotatable bonds is 6. The second-order valence-corrected chi connectivity index (χ2v) is 6.13. The maximum absolute atomic E-state index is 11.8. The Morgan fingerprint density at radius 2 is 2.23 bits per heavy atom. The van der Waals surface area contributed by atoms with Crippen molar-refractivity contribution in [3.8, 4) is 0 Å². The van der Waals surface area contributed by atoms with Crippen LogP contribution in [0.15, 0.2) is 28.6 Å². The second kappa shape index (κ2) is 8.00. The van der Waals surface area contributed by atoms with Crippen LogP contribution in [-0.4, -0.2) is 48.3 Å². The van der Waals surface area contributed by atoms with E-state index in [-0.39, 0.29) is 31.4 Å². The topological polar surface area (TPSA) is 72.9 Å². The standard InChI is InChI=1S/C14H15NO5S2/c1-2-19-13(17)8-12-15(11(16)9-22-12)5-6-20-14(18)10-4-3-7-21-10/h3-4,7-8H,2,5-6,9H2,1H3/b12-8-. The fourth-order valence-electron chi connectivity index (χ4n) is 1.75. The molecule has 1 amide bonds. The number of thiophene rings is 1. The Balaban J connectivity index is 1.88. The molecule has 0 aromatic carbocycles. The Bertz CT molecular complexity index is 582. The molecule has 8 heteroatoms. The van der Waals surface area contributed by atoms with Crippen LogP contribution in [0.25, 0.3) is 0 Å². The number of amides is 1. The lowest BCUT2D eigenvalue weighted by Gasteiger charge is -2.16. The van der Waals surface area contributed by atoms with Gasteiger partial charge in [-0.3, -0.25) is 4.79 Å². The summed E-state index contributed by atoms with van der Waals surface area (Å²) in [5, 5.41) is 2.31. The van der Waals surface area contributed by atoms with Crippen molar-refractivity contribution in [2.24, 2.45) is 0 Å². The molecule has 6 nitrogen and oxygen atoms in total. The highest BCUT2D eigenvalue weighted by molar-refractivity contribution is 8.04. The van der Waals surface area contributed by atoms with Gasteiger partial charge in [-0.15, -0.1) is 11.3 Å². The van der Waals surface area contributed by atoms with Crippen LogP contribution in [0.4, 0.5) is 0 Å². The molecule has 0 spiro atoms. The minimum absolute atomic E-state index is 0.0726. The zero-order valence-electron chi connectivity index (χ0n) is 11.9. The lowest BCUT2D eigenvalue weighted by Crippen LogP contribution is -2.29. The summed E-state index contributed by atoms with van der Waals surface area (Å²) in [6.07, 6.45) is 1.29. The molecular weight excluding hydrogens is 326 g/mol. The van der Waals surface area contributed by atoms with Gasteiger partial charge in [-0.05, 0) is 18.4 Å². The quantitative estimate of drug-likeness (QED) is 0.581. The Morgan fingerprint density at radius 3 is 2.91 bits per heavy atom. The summed E-state index contributed by atoms with van der Waals surface area (Å²) in [5.41, 5.74) is 0. The Labute approximate surface area is 136 Å². The highest BCUT2D eigenvalue weighted by Gasteiger charge is 2.27. The first-order valence-electron chi connectivity index (χ1n) is 6.64. The number of hydrogen-bond acceptors (Lipinski definition) is 7. The van der Waals surface area contributed by atoms with Crippen molar-refractivity contribution in [2.75, 3.05) is 25.5 Å². The molecule has 1 saturated heterocycles. The van der Waals surface area contributed by atoms with Crippen molar-refractivity contribution < 1.29 is 23.9 Å². The third kappa shape index (κ3) is 4.35. The molecule has 0 atom stereocenters. The van der Waals surface area contributed by atoms with Gasteiger partial charge in [0.1, 0.15) is 11.5 Å². The number of carbonyl (C=O) groups excluding carboxylic acids is 3. The molecule has 2 rings (SSSR count). The van der Waals surface area contributed by atoms with Gasteiger partial charge in [0.25, 0.3) is 0 Å². The zero-order chi connectivity index (χ0) is 15.9. The Hall–Kier alpha value is -1.80. The van der Waals surface area contributed by atoms with Crippen LogP contribution in [0.1, 0.15) is 16.6 Å². The molecule has 0 aliphatic carbocycles. The van der Waals surface area contributed by atoms with Crippen LogP contribution in [0.2, 0.25) is 0 Å². The zero-order valence-corrected chi connectivity index (χ0v) is 13.6. The first-order chi connectivity index (χ1) is 10.6. The molecule has 0 saturated carbocycles. The largest absolute Gasteiger partial charge is 0.463 e. The van der Waals surface area contributed by atoms with Gasteiger partial charge < -0.3 is 14.4 Å². The fourth-order valence-corrected chi connectivity index (χ4v) is 3.32. The van der Waals surface area contributed by atoms with Gasteiger partial charge in [-0.25, -0.2) is 9.59 Å². The summed E-state index contributed by atoms with van der Waals surface area (Å²) in [6.45, 7) is 2.28. The van der Waals surface area contributed by atoms with E-state index in [1.165, 1.54) is 34.1 Å². The van der Waals surface area contributed by atoms with Crippen LogP contribution in [0, 0.1) is 0 Å². The maximum atomic E-state index is 11.8. The summed E-state index contributed by atoms with van der Waals surface area (Å²) < 4.78 is 9.95. The summed E-state index contributed by atoms with van der Waals surface area (Å²) in [4.78, 5) is 36.9. The lowest BCUT2D eigenvalue weighted by molar-refractivity contribution is -0.137. The molecule has 0 unspecified atom stereocenters. The third-order valence-electron chi connectivity index (χ3n) is 2.71. The van der Waals surface area contributed by atoms with E-state index in [0.717, 1.165) is 0 Å². The smallest absolute Gasteiger partial charge is 0.348 e. The summed E-state index contributed by atoms with van der Waals surface area (Å²) in [5.74, 6) is -0.748. The minimum Gasteiger partial charge on any atom is -0.463 e. The highest BCUT2D eigenvalue weighted by Crippen LogP contribution is 2.28. The van der Waals surface area contributed by atoms with Crippen molar-refractivity contribution in [1.29, 1.82) is 0 Å². The van der Waals surface area contributed by atoms with Crippen LogP contribution < -0.4 is 0 Å². The van der Waals surface area contributed by atoms with Crippen LogP contribution >= 0.6 is 23.1 Å². The molecule has 2 heterocycles. The first kappa shape index (κ1) is 16.6. The van der Waals surface area contributed by atoms with E-state index in [4.69, 9.17) is 9.47 Å². The van der Waals surface area contributed by atoms with E-state index in [1.54, 1.807) is 24.4 Å². The van der Waals surface area contributed by atoms with E-state index in [1.807, 2.05) is 0 Å². The Kier molecular flexibility index (Phi) is 6.02. The van der Waals surface area contributed by atoms with Gasteiger partial charge in [0, 0.05) is 0 Å². The fraction of sp³-hybridized carbons (Fsp3) is 0.357. The van der Waals surface area contributed by atoms with E-state index in [0.29, 0.717) is 9.91 Å². The van der Waals surface area contributed by atoms with Gasteiger partial charge in [0.15, 0.2) is 0 Å². The molecular formula is C14H15NO5S2. The number of carbonyl (C=O) groups is 3. The number of thioether (sulfide) groups is 1. The SMILES string of the molecule is CCOC(=O)/C=C1\SCC(=O)N1CCOC(=O)c1cccs1. The van der Waals surface area contributed by atoms with Gasteiger partial charge in [0.2, 0.25) is 5.91 Å². The van der Waals surface area contributed by atoms with E-state index in [2.05, 4.69) is 0 Å². The molecule has 22 heavy (non-hydrogen) atoms. The number of esters is 2. The van der Waals surface area contributed by atoms with Gasteiger partial charge in [0.05, 0.1) is 30.0 Å². The summed E-state index contributed by atoms with van der Waals surface area (Å²) in [6, 6.07) is 3.44. The van der Waals surface area contributed by atoms with Gasteiger partial charge in [-0.1, -0.05) is 17.8 Å².